The van der Waals surface area contributed by atoms with E-state index in [1.54, 1.807) is 12.1 Å². The number of quaternary nitrogens is 2. The Morgan fingerprint density at radius 2 is 0.933 bits per heavy atom. The van der Waals surface area contributed by atoms with E-state index in [9.17, 15) is 19.6 Å². The molecular weight excluding hydrogens is 1110 g/mol. The third-order valence-electron chi connectivity index (χ3n) is 19.6. The van der Waals surface area contributed by atoms with Crippen LogP contribution in [0.2, 0.25) is 0 Å². The van der Waals surface area contributed by atoms with Gasteiger partial charge in [0.05, 0.1) is 59.4 Å². The van der Waals surface area contributed by atoms with Crippen molar-refractivity contribution in [2.24, 2.45) is 0 Å². The number of fused-ring (bicyclic) bond motifs is 6. The highest BCUT2D eigenvalue weighted by atomic mass is 16.2. The van der Waals surface area contributed by atoms with E-state index in [2.05, 4.69) is 154 Å². The fourth-order valence-electron chi connectivity index (χ4n) is 14.9. The summed E-state index contributed by atoms with van der Waals surface area (Å²) >= 11 is 0. The van der Waals surface area contributed by atoms with Crippen LogP contribution in [0, 0.1) is 17.4 Å². The first-order valence-corrected chi connectivity index (χ1v) is 34.0. The number of H-pyrrole nitrogens is 1. The third-order valence-corrected chi connectivity index (χ3v) is 19.6. The van der Waals surface area contributed by atoms with Crippen molar-refractivity contribution < 1.29 is 0 Å². The number of aromatic amines is 1. The minimum Gasteiger partial charge on any atom is -0.288 e. The predicted octanol–water partition coefficient (Wildman–Crippen LogP) is 18.9. The van der Waals surface area contributed by atoms with Gasteiger partial charge in [-0.05, 0) is 164 Å². The number of hydrogen-bond acceptors (Lipinski definition) is 5. The van der Waals surface area contributed by atoms with Crippen LogP contribution in [0.5, 0.6) is 0 Å². The zero-order valence-corrected chi connectivity index (χ0v) is 53.6. The van der Waals surface area contributed by atoms with Crippen LogP contribution in [0.1, 0.15) is 166 Å². The van der Waals surface area contributed by atoms with Crippen LogP contribution < -0.4 is 31.2 Å². The molecule has 460 valence electrons. The molecule has 11 aromatic rings. The maximum absolute atomic E-state index is 15.2. The summed E-state index contributed by atoms with van der Waals surface area (Å²) in [5.41, 5.74) is 6.09. The predicted molar refractivity (Wildman–Crippen MR) is 380 cm³/mol. The normalized spacial score (nSPS) is 12.1. The summed E-state index contributed by atoms with van der Waals surface area (Å²) in [5.74, 6) is 0. The quantitative estimate of drug-likeness (QED) is 0.0201. The summed E-state index contributed by atoms with van der Waals surface area (Å²) in [4.78, 5) is 66.5. The Bertz CT molecular complexity index is 4570. The molecule has 1 N–H and O–H groups in total. The van der Waals surface area contributed by atoms with Gasteiger partial charge in [-0.2, -0.15) is 5.26 Å². The molecule has 0 saturated carbocycles. The Kier molecular flexibility index (Phi) is 20.3. The van der Waals surface area contributed by atoms with Gasteiger partial charge in [0.25, 0.3) is 28.8 Å². The number of nitrogens with one attached hydrogen (secondary N) is 1. The highest BCUT2D eigenvalue weighted by Crippen LogP contribution is 2.47. The second-order valence-electron chi connectivity index (χ2n) is 25.4. The largest absolute Gasteiger partial charge is 0.312 e. The van der Waals surface area contributed by atoms with Crippen molar-refractivity contribution >= 4 is 87.4 Å². The molecule has 0 spiro atoms. The van der Waals surface area contributed by atoms with Gasteiger partial charge >= 0.3 is 6.07 Å². The van der Waals surface area contributed by atoms with E-state index in [1.807, 2.05) is 24.3 Å². The number of benzene rings is 9. The molecule has 0 aliphatic carbocycles. The van der Waals surface area contributed by atoms with Crippen molar-refractivity contribution in [2.75, 3.05) is 32.7 Å². The van der Waals surface area contributed by atoms with E-state index >= 15 is 4.79 Å². The molecule has 11 rings (SSSR count). The van der Waals surface area contributed by atoms with Gasteiger partial charge in [-0.15, -0.1) is 0 Å². The van der Waals surface area contributed by atoms with Crippen molar-refractivity contribution in [3.05, 3.63) is 214 Å². The molecule has 9 aromatic carbocycles. The SMILES string of the molecule is CCCCCC[N+](CCCCCC)(c1ccccc1)c1ccc(CCC[N+]#Cc2c3c(=O)[nH]c(=O)c3c3c4c(=O)n(CCCc5ccc([N+](CCCCCC)(CCCCCC)c6ccccc6)cc5)c(=O)c4cc4c5c(C#N)ccc6cccc(c2c43)c65)cc1. The number of nitriles is 1. The van der Waals surface area contributed by atoms with Gasteiger partial charge in [-0.25, -0.2) is 0 Å². The number of rotatable bonds is 31. The number of hydrogen-bond donors (Lipinski definition) is 1. The van der Waals surface area contributed by atoms with Crippen LogP contribution in [0.25, 0.3) is 69.5 Å². The second kappa shape index (κ2) is 29.0. The van der Waals surface area contributed by atoms with Gasteiger partial charge in [-0.3, -0.25) is 37.7 Å². The van der Waals surface area contributed by atoms with Gasteiger partial charge in [0.1, 0.15) is 28.3 Å². The van der Waals surface area contributed by atoms with Crippen molar-refractivity contribution in [2.45, 2.75) is 163 Å². The number of aryl methyl sites for hydroxylation is 2. The lowest BCUT2D eigenvalue weighted by Crippen LogP contribution is -2.46. The maximum Gasteiger partial charge on any atom is 0.312 e. The molecule has 0 saturated heterocycles. The summed E-state index contributed by atoms with van der Waals surface area (Å²) in [6, 6.07) is 57.3. The fourth-order valence-corrected chi connectivity index (χ4v) is 14.9. The number of aromatic nitrogens is 2. The summed E-state index contributed by atoms with van der Waals surface area (Å²) in [7, 11) is 0. The minimum absolute atomic E-state index is 0.0317. The van der Waals surface area contributed by atoms with E-state index in [0.29, 0.717) is 58.5 Å². The average molecular weight is 1200 g/mol. The zero-order valence-electron chi connectivity index (χ0n) is 53.6. The molecule has 0 fully saturated rings. The Morgan fingerprint density at radius 1 is 0.422 bits per heavy atom. The summed E-state index contributed by atoms with van der Waals surface area (Å²) < 4.78 is 2.96. The summed E-state index contributed by atoms with van der Waals surface area (Å²) in [6.07, 6.45) is 21.8. The van der Waals surface area contributed by atoms with Gasteiger partial charge in [0.2, 0.25) is 0 Å². The van der Waals surface area contributed by atoms with E-state index in [1.165, 1.54) is 123 Å². The van der Waals surface area contributed by atoms with E-state index in [-0.39, 0.29) is 33.5 Å². The Hall–Kier alpha value is -8.54. The van der Waals surface area contributed by atoms with Crippen LogP contribution in [0.4, 0.5) is 22.7 Å². The Balaban J connectivity index is 0.932. The summed E-state index contributed by atoms with van der Waals surface area (Å²) in [5, 5.41) is 16.1. The first kappa shape index (κ1) is 63.0. The molecule has 0 aliphatic heterocycles. The topological polar surface area (TPSA) is 117 Å². The molecule has 0 amide bonds. The van der Waals surface area contributed by atoms with Crippen LogP contribution in [-0.4, -0.2) is 42.3 Å². The summed E-state index contributed by atoms with van der Waals surface area (Å²) in [6.45, 7) is 13.8. The first-order valence-electron chi connectivity index (χ1n) is 34.0. The number of para-hydroxylation sites is 2. The lowest BCUT2D eigenvalue weighted by atomic mass is 9.83. The molecule has 2 heterocycles. The molecule has 0 atom stereocenters. The van der Waals surface area contributed by atoms with Crippen LogP contribution in [-0.2, 0) is 19.4 Å². The molecule has 0 radical (unpaired) electrons. The highest BCUT2D eigenvalue weighted by Gasteiger charge is 2.35. The van der Waals surface area contributed by atoms with Crippen molar-refractivity contribution in [1.82, 2.24) is 18.5 Å². The molecule has 0 aliphatic rings. The lowest BCUT2D eigenvalue weighted by Gasteiger charge is -2.38. The molecule has 10 heteroatoms. The van der Waals surface area contributed by atoms with E-state index in [0.717, 1.165) is 76.1 Å². The maximum atomic E-state index is 15.2. The third kappa shape index (κ3) is 12.4. The van der Waals surface area contributed by atoms with Gasteiger partial charge in [-0.1, -0.05) is 169 Å². The molecule has 2 aromatic heterocycles. The smallest absolute Gasteiger partial charge is 0.288 e. The molecule has 0 unspecified atom stereocenters. The highest BCUT2D eigenvalue weighted by molar-refractivity contribution is 6.42. The second-order valence-corrected chi connectivity index (χ2v) is 25.4. The van der Waals surface area contributed by atoms with Crippen LogP contribution in [0.3, 0.4) is 0 Å². The van der Waals surface area contributed by atoms with Crippen LogP contribution in [0.15, 0.2) is 165 Å². The first-order chi connectivity index (χ1) is 44.1. The minimum atomic E-state index is -0.652. The molecule has 90 heavy (non-hydrogen) atoms. The number of unbranched alkanes of at least 4 members (excludes halogenated alkanes) is 12. The lowest BCUT2D eigenvalue weighted by molar-refractivity contribution is 0.356. The Morgan fingerprint density at radius 3 is 1.46 bits per heavy atom. The van der Waals surface area contributed by atoms with E-state index < -0.39 is 22.2 Å². The van der Waals surface area contributed by atoms with Gasteiger partial charge in [0, 0.05) is 34.5 Å². The van der Waals surface area contributed by atoms with Gasteiger partial charge < -0.3 is 0 Å². The molecular formula is C80H89N6O4+3. The monoisotopic (exact) mass is 1200 g/mol. The fraction of sp³-hybridized carbons (Fsp3) is 0.375. The van der Waals surface area contributed by atoms with E-state index in [4.69, 9.17) is 4.85 Å². The average Bonchev–Trinajstić information content (AvgIpc) is 1.28. The standard InChI is InChI=1S/C80H88N6O4/c1-5-9-13-23-50-85(51-24-14-10-6-2,61-33-19-17-20-34-61)63-44-38-57(39-45-63)30-28-48-82-56-68-71-65-37-27-32-59-42-43-60(55-81)70(69(59)65)66-54-67-74(75(72(66)71)76-73(68)77(87)83-78(76)88)80(90)84(79(67)89)49-29-31-58-40-46-64(47-41-58)86(52-25-15-11-7-3,53-26-16-12-8-4)62-35-21-18-22-36-62/h17-22,27,32-47,54H,5-16,23-26,28-31,48-53H2,1-4H3/q+2/p+1. The van der Waals surface area contributed by atoms with Gasteiger partial charge in [0.15, 0.2) is 0 Å². The van der Waals surface area contributed by atoms with Crippen molar-refractivity contribution in [3.8, 4) is 12.1 Å². The number of nitrogens with zero attached hydrogens (tertiary/aromatic N) is 5. The zero-order chi connectivity index (χ0) is 62.6. The molecule has 10 nitrogen and oxygen atoms in total. The van der Waals surface area contributed by atoms with Crippen molar-refractivity contribution in [3.63, 3.8) is 0 Å². The Labute approximate surface area is 530 Å². The molecule has 0 bridgehead atoms. The van der Waals surface area contributed by atoms with Crippen molar-refractivity contribution in [1.29, 1.82) is 5.26 Å². The van der Waals surface area contributed by atoms with Crippen LogP contribution >= 0.6 is 0 Å².